The molecule has 2 aromatic heterocycles. The lowest BCUT2D eigenvalue weighted by Gasteiger charge is -2.08. The van der Waals surface area contributed by atoms with Gasteiger partial charge in [0.1, 0.15) is 23.8 Å². The van der Waals surface area contributed by atoms with E-state index in [9.17, 15) is 38.4 Å². The number of nitrogens with zero attached hydrogens (tertiary/aromatic N) is 1. The van der Waals surface area contributed by atoms with Gasteiger partial charge in [0.05, 0.1) is 4.88 Å². The van der Waals surface area contributed by atoms with Crippen LogP contribution in [0.25, 0.3) is 5.57 Å². The molecule has 0 saturated heterocycles. The number of carbonyl (C=O) groups is 8. The Hall–Kier alpha value is -5.73. The number of nitrogens with one attached hydrogen (secondary N) is 3. The Balaban J connectivity index is 0.000000908. The second-order valence-electron chi connectivity index (χ2n) is 14.5. The molecule has 0 aliphatic rings. The Kier molecular flexibility index (Phi) is 27.6. The average molecular weight is 921 g/mol. The number of ketones is 2. The highest BCUT2D eigenvalue weighted by molar-refractivity contribution is 7.15. The molecule has 3 aromatic rings. The Morgan fingerprint density at radius 1 is 0.603 bits per heavy atom. The summed E-state index contributed by atoms with van der Waals surface area (Å²) in [5.41, 5.74) is 18.9. The van der Waals surface area contributed by atoms with E-state index in [2.05, 4.69) is 22.5 Å². The molecule has 63 heavy (non-hydrogen) atoms. The first-order valence-electron chi connectivity index (χ1n) is 20.0. The van der Waals surface area contributed by atoms with Gasteiger partial charge in [-0.1, -0.05) is 18.7 Å². The predicted molar refractivity (Wildman–Crippen MR) is 244 cm³/mol. The largest absolute Gasteiger partial charge is 0.480 e. The zero-order valence-corrected chi connectivity index (χ0v) is 37.8. The number of allylic oxidation sites excluding steroid dienone is 1. The maximum atomic E-state index is 11.9. The molecule has 348 valence electrons. The molecule has 1 aromatic carbocycles. The molecule has 18 nitrogen and oxygen atoms in total. The summed E-state index contributed by atoms with van der Waals surface area (Å²) in [7, 11) is 1.70. The molecule has 0 aliphatic carbocycles. The number of aryl methyl sites for hydroxylation is 1. The molecule has 0 spiro atoms. The van der Waals surface area contributed by atoms with Crippen molar-refractivity contribution in [3.8, 4) is 0 Å². The van der Waals surface area contributed by atoms with Crippen molar-refractivity contribution in [2.24, 2.45) is 24.2 Å². The van der Waals surface area contributed by atoms with Crippen LogP contribution < -0.4 is 33.2 Å². The number of carboxylic acid groups (broad SMARTS) is 3. The topological polar surface area (TPSA) is 316 Å². The van der Waals surface area contributed by atoms with Crippen LogP contribution in [0.1, 0.15) is 135 Å². The van der Waals surface area contributed by atoms with E-state index in [1.54, 1.807) is 54.2 Å². The standard InChI is InChI=1S/C15H20N2O4.C14H21N3O4.C14H20N2O3S.ClH/c1-10(18)11-5-4-6-12(9-11)14(19)17-8-3-2-7-13(16)15(20)21;1-9(18)10-7-12(17(2)8-10)13(19)16-6-4-3-5-11(15)14(20)21;1-9(2)11-6-7-12(20-11)13(17)16-8-4-3-5-10(15)14(18)19;/h4-6,9,13H,2-3,7-8,16H2,1H3,(H,17,19)(H,20,21);7-8,11H,3-6,15H2,1-2H3,(H,16,19)(H,20,21);6-7,10H,1,3-5,8,15H2,2H3,(H,16,17)(H,18,19);1H/t13-;11-;10-;/m000./s1. The van der Waals surface area contributed by atoms with Crippen LogP contribution in [0.4, 0.5) is 0 Å². The van der Waals surface area contributed by atoms with Crippen LogP contribution >= 0.6 is 23.7 Å². The number of hydrogen-bond acceptors (Lipinski definition) is 12. The zero-order valence-electron chi connectivity index (χ0n) is 36.1. The number of halogens is 1. The molecule has 0 bridgehead atoms. The normalized spacial score (nSPS) is 11.7. The molecule has 0 aliphatic heterocycles. The van der Waals surface area contributed by atoms with E-state index >= 15 is 0 Å². The molecule has 0 fully saturated rings. The van der Waals surface area contributed by atoms with E-state index in [1.165, 1.54) is 25.2 Å². The maximum Gasteiger partial charge on any atom is 0.320 e. The number of amides is 3. The summed E-state index contributed by atoms with van der Waals surface area (Å²) in [6, 6.07) is 9.21. The molecule has 3 atom stereocenters. The second-order valence-corrected chi connectivity index (χ2v) is 15.5. The number of hydrogen-bond donors (Lipinski definition) is 9. The van der Waals surface area contributed by atoms with Gasteiger partial charge < -0.3 is 53.0 Å². The number of aliphatic carboxylic acids is 3. The number of nitrogens with two attached hydrogens (primary N) is 3. The predicted octanol–water partition coefficient (Wildman–Crippen LogP) is 4.26. The van der Waals surface area contributed by atoms with Crippen molar-refractivity contribution in [2.75, 3.05) is 19.6 Å². The molecular formula is C43H62ClN7O11S. The lowest BCUT2D eigenvalue weighted by atomic mass is 10.1. The van der Waals surface area contributed by atoms with Crippen molar-refractivity contribution >= 4 is 76.5 Å². The van der Waals surface area contributed by atoms with Crippen molar-refractivity contribution in [1.82, 2.24) is 20.5 Å². The summed E-state index contributed by atoms with van der Waals surface area (Å²) in [5, 5.41) is 34.1. The van der Waals surface area contributed by atoms with Crippen molar-refractivity contribution in [2.45, 2.75) is 96.7 Å². The van der Waals surface area contributed by atoms with Crippen LogP contribution in [-0.2, 0) is 21.4 Å². The van der Waals surface area contributed by atoms with Crippen LogP contribution in [0.2, 0.25) is 0 Å². The number of carbonyl (C=O) groups excluding carboxylic acids is 5. The minimum Gasteiger partial charge on any atom is -0.480 e. The highest BCUT2D eigenvalue weighted by Gasteiger charge is 2.15. The van der Waals surface area contributed by atoms with Crippen LogP contribution in [0, 0.1) is 0 Å². The summed E-state index contributed by atoms with van der Waals surface area (Å²) in [6.07, 6.45) is 6.74. The van der Waals surface area contributed by atoms with E-state index in [-0.39, 0.29) is 41.7 Å². The zero-order chi connectivity index (χ0) is 46.9. The van der Waals surface area contributed by atoms with E-state index in [0.717, 1.165) is 10.5 Å². The molecule has 2 heterocycles. The first-order valence-corrected chi connectivity index (χ1v) is 20.8. The van der Waals surface area contributed by atoms with Gasteiger partial charge in [-0.25, -0.2) is 0 Å². The van der Waals surface area contributed by atoms with Crippen LogP contribution in [0.3, 0.4) is 0 Å². The van der Waals surface area contributed by atoms with Gasteiger partial charge in [0.2, 0.25) is 0 Å². The fourth-order valence-electron chi connectivity index (χ4n) is 5.28. The Morgan fingerprint density at radius 3 is 1.41 bits per heavy atom. The summed E-state index contributed by atoms with van der Waals surface area (Å²) in [6.45, 7) is 10.0. The monoisotopic (exact) mass is 919 g/mol. The third-order valence-electron chi connectivity index (χ3n) is 9.06. The summed E-state index contributed by atoms with van der Waals surface area (Å²) < 4.78 is 1.60. The van der Waals surface area contributed by atoms with Crippen molar-refractivity contribution < 1.29 is 53.7 Å². The smallest absolute Gasteiger partial charge is 0.320 e. The summed E-state index contributed by atoms with van der Waals surface area (Å²) in [4.78, 5) is 91.4. The van der Waals surface area contributed by atoms with Crippen LogP contribution in [0.15, 0.2) is 55.2 Å². The molecule has 12 N–H and O–H groups in total. The highest BCUT2D eigenvalue weighted by Crippen LogP contribution is 2.22. The molecule has 0 radical (unpaired) electrons. The quantitative estimate of drug-likeness (QED) is 0.0448. The van der Waals surface area contributed by atoms with Gasteiger partial charge in [-0.3, -0.25) is 38.4 Å². The first kappa shape index (κ1) is 57.3. The van der Waals surface area contributed by atoms with Crippen LogP contribution in [0.5, 0.6) is 0 Å². The number of rotatable bonds is 24. The van der Waals surface area contributed by atoms with Gasteiger partial charge in [-0.2, -0.15) is 0 Å². The number of unbranched alkanes of at least 4 members (excludes halogenated alkanes) is 3. The minimum absolute atomic E-state index is 0. The Labute approximate surface area is 377 Å². The van der Waals surface area contributed by atoms with E-state index in [1.807, 2.05) is 13.0 Å². The molecule has 3 rings (SSSR count). The van der Waals surface area contributed by atoms with Gasteiger partial charge in [-0.15, -0.1) is 23.7 Å². The van der Waals surface area contributed by atoms with Crippen molar-refractivity contribution in [3.63, 3.8) is 0 Å². The van der Waals surface area contributed by atoms with Gasteiger partial charge in [0.25, 0.3) is 17.7 Å². The fourth-order valence-corrected chi connectivity index (χ4v) is 6.12. The fraction of sp³-hybridized carbons (Fsp3) is 0.442. The highest BCUT2D eigenvalue weighted by atomic mass is 35.5. The van der Waals surface area contributed by atoms with E-state index < -0.39 is 36.0 Å². The summed E-state index contributed by atoms with van der Waals surface area (Å²) >= 11 is 1.41. The van der Waals surface area contributed by atoms with Gasteiger partial charge in [0.15, 0.2) is 11.6 Å². The van der Waals surface area contributed by atoms with Crippen LogP contribution in [-0.4, -0.2) is 105 Å². The number of benzene rings is 1. The minimum atomic E-state index is -1.01. The average Bonchev–Trinajstić information content (AvgIpc) is 3.88. The van der Waals surface area contributed by atoms with E-state index in [4.69, 9.17) is 32.5 Å². The third-order valence-corrected chi connectivity index (χ3v) is 10.3. The van der Waals surface area contributed by atoms with Gasteiger partial charge in [0, 0.05) is 54.4 Å². The molecule has 3 amide bonds. The third kappa shape index (κ3) is 22.8. The Bertz CT molecular complexity index is 2020. The number of Topliss-reactive ketones (excluding diaryl/α,β-unsaturated/α-hetero) is 2. The second kappa shape index (κ2) is 30.3. The summed E-state index contributed by atoms with van der Waals surface area (Å²) in [5.74, 6) is -3.81. The van der Waals surface area contributed by atoms with Gasteiger partial charge >= 0.3 is 17.9 Å². The lowest BCUT2D eigenvalue weighted by Crippen LogP contribution is -2.30. The van der Waals surface area contributed by atoms with E-state index in [0.29, 0.717) is 105 Å². The molecule has 20 heteroatoms. The molecule has 0 saturated carbocycles. The number of aromatic nitrogens is 1. The van der Waals surface area contributed by atoms with Gasteiger partial charge in [-0.05, 0) is 114 Å². The maximum absolute atomic E-state index is 11.9. The van der Waals surface area contributed by atoms with Crippen molar-refractivity contribution in [3.05, 3.63) is 87.4 Å². The Morgan fingerprint density at radius 2 is 1.02 bits per heavy atom. The van der Waals surface area contributed by atoms with Crippen molar-refractivity contribution in [1.29, 1.82) is 0 Å². The number of carboxylic acids is 3. The number of thiophene rings is 1. The first-order chi connectivity index (χ1) is 29.2. The molecule has 0 unspecified atom stereocenters. The SMILES string of the molecule is C=C(C)c1ccc(C(=O)NCCCC[C@H](N)C(=O)O)s1.CC(=O)c1cc(C(=O)NCCCC[C@H](N)C(=O)O)n(C)c1.CC(=O)c1cccc(C(=O)NCCCC[C@H](N)C(=O)O)c1.Cl. The lowest BCUT2D eigenvalue weighted by molar-refractivity contribution is -0.139. The molecular weight excluding hydrogens is 858 g/mol.